The number of likely N-dealkylation sites (tertiary alicyclic amines) is 1. The Bertz CT molecular complexity index is 664. The maximum atomic E-state index is 12.6. The predicted octanol–water partition coefficient (Wildman–Crippen LogP) is 0.984. The van der Waals surface area contributed by atoms with Gasteiger partial charge in [0.2, 0.25) is 11.8 Å². The maximum absolute atomic E-state index is 12.6. The normalized spacial score (nSPS) is 26.2. The van der Waals surface area contributed by atoms with E-state index < -0.39 is 0 Å². The van der Waals surface area contributed by atoms with Crippen molar-refractivity contribution in [2.24, 2.45) is 5.92 Å². The quantitative estimate of drug-likeness (QED) is 0.800. The zero-order valence-electron chi connectivity index (χ0n) is 15.2. The van der Waals surface area contributed by atoms with Gasteiger partial charge in [0.05, 0.1) is 18.3 Å². The number of likely N-dealkylation sites (N-methyl/N-ethyl adjacent to an activating group) is 1. The average molecular weight is 378 g/mol. The summed E-state index contributed by atoms with van der Waals surface area (Å²) in [6, 6.07) is -0.121. The number of thioether (sulfide) groups is 1. The molecular formula is C18H27N5O2S. The molecule has 7 nitrogen and oxygen atoms in total. The molecule has 1 saturated heterocycles. The average Bonchev–Trinajstić information content (AvgIpc) is 3.36. The van der Waals surface area contributed by atoms with Gasteiger partial charge in [-0.15, -0.1) is 0 Å². The van der Waals surface area contributed by atoms with Crippen molar-refractivity contribution in [2.45, 2.75) is 62.4 Å². The fourth-order valence-corrected chi connectivity index (χ4v) is 5.22. The molecule has 142 valence electrons. The van der Waals surface area contributed by atoms with E-state index >= 15 is 0 Å². The number of hydrogen-bond donors (Lipinski definition) is 2. The summed E-state index contributed by atoms with van der Waals surface area (Å²) in [6.45, 7) is 2.18. The van der Waals surface area contributed by atoms with Gasteiger partial charge in [0, 0.05) is 37.0 Å². The molecule has 0 radical (unpaired) electrons. The number of hydrogen-bond acceptors (Lipinski definition) is 5. The second kappa shape index (κ2) is 7.60. The predicted molar refractivity (Wildman–Crippen MR) is 99.7 cm³/mol. The monoisotopic (exact) mass is 377 g/mol. The zero-order valence-corrected chi connectivity index (χ0v) is 16.1. The van der Waals surface area contributed by atoms with Crippen LogP contribution in [0.25, 0.3) is 0 Å². The number of aryl methyl sites for hydroxylation is 1. The first kappa shape index (κ1) is 17.9. The fourth-order valence-electron chi connectivity index (χ4n) is 4.26. The molecule has 3 heterocycles. The molecule has 8 heteroatoms. The van der Waals surface area contributed by atoms with Crippen LogP contribution in [0.15, 0.2) is 11.4 Å². The minimum absolute atomic E-state index is 0.0194. The third-order valence-electron chi connectivity index (χ3n) is 5.72. The number of rotatable bonds is 5. The molecule has 1 aromatic rings. The molecule has 1 aliphatic carbocycles. The Morgan fingerprint density at radius 1 is 1.31 bits per heavy atom. The molecule has 2 fully saturated rings. The van der Waals surface area contributed by atoms with E-state index in [0.717, 1.165) is 55.4 Å². The van der Waals surface area contributed by atoms with Crippen molar-refractivity contribution in [3.63, 3.8) is 0 Å². The van der Waals surface area contributed by atoms with Crippen molar-refractivity contribution in [3.8, 4) is 0 Å². The summed E-state index contributed by atoms with van der Waals surface area (Å²) in [5.41, 5.74) is 0.910. The van der Waals surface area contributed by atoms with Gasteiger partial charge in [0.25, 0.3) is 0 Å². The van der Waals surface area contributed by atoms with Gasteiger partial charge in [-0.2, -0.15) is 0 Å². The summed E-state index contributed by atoms with van der Waals surface area (Å²) < 4.78 is 2.14. The standard InChI is InChI=1S/C18H27N5O2S/c1-22-10-13(20-16(24)12-4-2-3-5-12)8-15(22)17(25)19-9-14-11-23-6-7-26-18(23)21-14/h11-13,15H,2-10H2,1H3,(H,19,25)(H,20,24)/t13-,15-/m0/s1. The van der Waals surface area contributed by atoms with E-state index in [1.54, 1.807) is 11.8 Å². The highest BCUT2D eigenvalue weighted by atomic mass is 32.2. The van der Waals surface area contributed by atoms with Crippen LogP contribution in [-0.4, -0.2) is 57.7 Å². The van der Waals surface area contributed by atoms with Crippen molar-refractivity contribution in [1.29, 1.82) is 0 Å². The fraction of sp³-hybridized carbons (Fsp3) is 0.722. The number of amides is 2. The van der Waals surface area contributed by atoms with E-state index in [1.807, 2.05) is 18.1 Å². The molecule has 1 saturated carbocycles. The number of nitrogens with one attached hydrogen (secondary N) is 2. The van der Waals surface area contributed by atoms with Gasteiger partial charge < -0.3 is 15.2 Å². The Hall–Kier alpha value is -1.54. The first-order chi connectivity index (χ1) is 12.6. The van der Waals surface area contributed by atoms with Gasteiger partial charge in [-0.25, -0.2) is 4.98 Å². The van der Waals surface area contributed by atoms with Crippen LogP contribution in [0.3, 0.4) is 0 Å². The Morgan fingerprint density at radius 2 is 2.12 bits per heavy atom. The van der Waals surface area contributed by atoms with Crippen LogP contribution in [0.2, 0.25) is 0 Å². The summed E-state index contributed by atoms with van der Waals surface area (Å²) in [5, 5.41) is 7.21. The number of fused-ring (bicyclic) bond motifs is 1. The second-order valence-electron chi connectivity index (χ2n) is 7.65. The Morgan fingerprint density at radius 3 is 2.88 bits per heavy atom. The van der Waals surface area contributed by atoms with E-state index in [4.69, 9.17) is 0 Å². The third-order valence-corrected chi connectivity index (χ3v) is 6.69. The van der Waals surface area contributed by atoms with E-state index in [1.165, 1.54) is 0 Å². The highest BCUT2D eigenvalue weighted by molar-refractivity contribution is 7.99. The summed E-state index contributed by atoms with van der Waals surface area (Å²) in [4.78, 5) is 31.5. The van der Waals surface area contributed by atoms with Crippen LogP contribution in [-0.2, 0) is 22.7 Å². The Balaban J connectivity index is 1.26. The molecule has 0 spiro atoms. The van der Waals surface area contributed by atoms with Crippen LogP contribution in [0.4, 0.5) is 0 Å². The maximum Gasteiger partial charge on any atom is 0.237 e. The second-order valence-corrected chi connectivity index (χ2v) is 8.71. The van der Waals surface area contributed by atoms with Crippen LogP contribution < -0.4 is 10.6 Å². The van der Waals surface area contributed by atoms with E-state index in [2.05, 4.69) is 20.2 Å². The van der Waals surface area contributed by atoms with Crippen LogP contribution >= 0.6 is 11.8 Å². The smallest absolute Gasteiger partial charge is 0.237 e. The molecule has 0 aromatic carbocycles. The van der Waals surface area contributed by atoms with Crippen molar-refractivity contribution < 1.29 is 9.59 Å². The molecule has 0 unspecified atom stereocenters. The molecule has 26 heavy (non-hydrogen) atoms. The van der Waals surface area contributed by atoms with Crippen molar-refractivity contribution in [2.75, 3.05) is 19.3 Å². The minimum Gasteiger partial charge on any atom is -0.352 e. The lowest BCUT2D eigenvalue weighted by Gasteiger charge is -2.17. The topological polar surface area (TPSA) is 79.3 Å². The highest BCUT2D eigenvalue weighted by Gasteiger charge is 2.36. The van der Waals surface area contributed by atoms with Crippen molar-refractivity contribution >= 4 is 23.6 Å². The van der Waals surface area contributed by atoms with Gasteiger partial charge >= 0.3 is 0 Å². The lowest BCUT2D eigenvalue weighted by atomic mass is 10.1. The third kappa shape index (κ3) is 3.76. The molecule has 2 amide bonds. The number of nitrogens with zero attached hydrogens (tertiary/aromatic N) is 3. The van der Waals surface area contributed by atoms with E-state index in [9.17, 15) is 9.59 Å². The van der Waals surface area contributed by atoms with Gasteiger partial charge in [-0.3, -0.25) is 14.5 Å². The van der Waals surface area contributed by atoms with Crippen molar-refractivity contribution in [1.82, 2.24) is 25.1 Å². The van der Waals surface area contributed by atoms with Gasteiger partial charge in [0.15, 0.2) is 5.16 Å². The zero-order chi connectivity index (χ0) is 18.1. The van der Waals surface area contributed by atoms with Gasteiger partial charge in [0.1, 0.15) is 0 Å². The summed E-state index contributed by atoms with van der Waals surface area (Å²) in [6.07, 6.45) is 7.03. The number of aromatic nitrogens is 2. The molecular weight excluding hydrogens is 350 g/mol. The van der Waals surface area contributed by atoms with Crippen LogP contribution in [0.5, 0.6) is 0 Å². The van der Waals surface area contributed by atoms with Crippen molar-refractivity contribution in [3.05, 3.63) is 11.9 Å². The SMILES string of the molecule is CN1C[C@@H](NC(=O)C2CCCC2)C[C@H]1C(=O)NCc1cn2c(n1)SCC2. The largest absolute Gasteiger partial charge is 0.352 e. The number of carbonyl (C=O) groups is 2. The van der Waals surface area contributed by atoms with Gasteiger partial charge in [-0.1, -0.05) is 24.6 Å². The molecule has 4 rings (SSSR count). The lowest BCUT2D eigenvalue weighted by Crippen LogP contribution is -2.41. The molecule has 2 aliphatic heterocycles. The molecule has 3 aliphatic rings. The van der Waals surface area contributed by atoms with E-state index in [-0.39, 0.29) is 29.8 Å². The van der Waals surface area contributed by atoms with Gasteiger partial charge in [-0.05, 0) is 26.3 Å². The Kier molecular flexibility index (Phi) is 5.22. The number of imidazole rings is 1. The molecule has 0 bridgehead atoms. The Labute approximate surface area is 158 Å². The van der Waals surface area contributed by atoms with Crippen LogP contribution in [0.1, 0.15) is 37.8 Å². The first-order valence-corrected chi connectivity index (χ1v) is 10.6. The summed E-state index contributed by atoms with van der Waals surface area (Å²) >= 11 is 1.76. The molecule has 1 aromatic heterocycles. The van der Waals surface area contributed by atoms with E-state index in [0.29, 0.717) is 13.0 Å². The summed E-state index contributed by atoms with van der Waals surface area (Å²) in [7, 11) is 1.95. The summed E-state index contributed by atoms with van der Waals surface area (Å²) in [5.74, 6) is 1.45. The highest BCUT2D eigenvalue weighted by Crippen LogP contribution is 2.26. The minimum atomic E-state index is -0.187. The molecule has 2 N–H and O–H groups in total. The van der Waals surface area contributed by atoms with Crippen LogP contribution in [0, 0.1) is 5.92 Å². The number of carbonyl (C=O) groups excluding carboxylic acids is 2. The molecule has 2 atom stereocenters. The lowest BCUT2D eigenvalue weighted by molar-refractivity contribution is -0.126. The first-order valence-electron chi connectivity index (χ1n) is 9.57.